The zero-order chi connectivity index (χ0) is 20.5. The number of furan rings is 1. The summed E-state index contributed by atoms with van der Waals surface area (Å²) in [5.74, 6) is 0.509. The summed E-state index contributed by atoms with van der Waals surface area (Å²) in [6, 6.07) is 21.7. The fourth-order valence-corrected chi connectivity index (χ4v) is 4.10. The van der Waals surface area contributed by atoms with Crippen LogP contribution in [0.4, 0.5) is 5.13 Å². The Labute approximate surface area is 176 Å². The van der Waals surface area contributed by atoms with Gasteiger partial charge in [-0.2, -0.15) is 0 Å². The third kappa shape index (κ3) is 3.42. The predicted molar refractivity (Wildman–Crippen MR) is 120 cm³/mol. The van der Waals surface area contributed by atoms with E-state index in [1.165, 1.54) is 16.7 Å². The quantitative estimate of drug-likeness (QED) is 0.363. The van der Waals surface area contributed by atoms with E-state index in [2.05, 4.69) is 34.6 Å². The van der Waals surface area contributed by atoms with Crippen LogP contribution in [-0.2, 0) is 0 Å². The highest BCUT2D eigenvalue weighted by Crippen LogP contribution is 2.31. The van der Waals surface area contributed by atoms with Crippen LogP contribution in [0.5, 0.6) is 5.75 Å². The smallest absolute Gasteiger partial charge is 0.293 e. The minimum atomic E-state index is -0.340. The molecule has 30 heavy (non-hydrogen) atoms. The molecular weight excluding hydrogens is 396 g/mol. The van der Waals surface area contributed by atoms with Crippen LogP contribution in [-0.4, -0.2) is 17.5 Å². The monoisotopic (exact) mass is 414 g/mol. The number of ether oxygens (including phenoxy) is 1. The summed E-state index contributed by atoms with van der Waals surface area (Å²) >= 11 is 1.38. The summed E-state index contributed by atoms with van der Waals surface area (Å²) in [6.07, 6.45) is 0. The normalized spacial score (nSPS) is 11.1. The van der Waals surface area contributed by atoms with E-state index in [0.29, 0.717) is 23.1 Å². The summed E-state index contributed by atoms with van der Waals surface area (Å²) in [7, 11) is 0. The van der Waals surface area contributed by atoms with Gasteiger partial charge in [-0.1, -0.05) is 48.5 Å². The Morgan fingerprint density at radius 3 is 2.73 bits per heavy atom. The van der Waals surface area contributed by atoms with Gasteiger partial charge in [0.15, 0.2) is 22.2 Å². The van der Waals surface area contributed by atoms with Crippen LogP contribution in [0.25, 0.3) is 33.0 Å². The topological polar surface area (TPSA) is 64.4 Å². The van der Waals surface area contributed by atoms with Crippen molar-refractivity contribution < 1.29 is 13.9 Å². The molecule has 2 heterocycles. The van der Waals surface area contributed by atoms with E-state index >= 15 is 0 Å². The molecule has 5 nitrogen and oxygen atoms in total. The minimum Gasteiger partial charge on any atom is -0.490 e. The Balaban J connectivity index is 1.38. The van der Waals surface area contributed by atoms with Crippen molar-refractivity contribution in [3.05, 3.63) is 77.9 Å². The maximum atomic E-state index is 12.7. The van der Waals surface area contributed by atoms with E-state index in [0.717, 1.165) is 22.0 Å². The Bertz CT molecular complexity index is 1370. The van der Waals surface area contributed by atoms with Gasteiger partial charge in [0.2, 0.25) is 0 Å². The first kappa shape index (κ1) is 18.4. The number of para-hydroxylation sites is 1. The largest absolute Gasteiger partial charge is 0.490 e. The second kappa shape index (κ2) is 7.65. The molecule has 5 aromatic rings. The fourth-order valence-electron chi connectivity index (χ4n) is 3.39. The first-order valence-corrected chi connectivity index (χ1v) is 10.5. The van der Waals surface area contributed by atoms with Crippen molar-refractivity contribution in [3.63, 3.8) is 0 Å². The van der Waals surface area contributed by atoms with Crippen LogP contribution in [0.3, 0.4) is 0 Å². The van der Waals surface area contributed by atoms with Crippen LogP contribution >= 0.6 is 11.3 Å². The zero-order valence-electron chi connectivity index (χ0n) is 16.2. The van der Waals surface area contributed by atoms with Crippen molar-refractivity contribution in [1.82, 2.24) is 4.98 Å². The molecule has 5 rings (SSSR count). The molecule has 0 bridgehead atoms. The third-order valence-electron chi connectivity index (χ3n) is 4.80. The molecule has 0 atom stereocenters. The number of amides is 1. The number of rotatable bonds is 5. The summed E-state index contributed by atoms with van der Waals surface area (Å²) in [6.45, 7) is 2.43. The lowest BCUT2D eigenvalue weighted by Gasteiger charge is -2.02. The van der Waals surface area contributed by atoms with Gasteiger partial charge in [-0.3, -0.25) is 10.1 Å². The van der Waals surface area contributed by atoms with E-state index in [1.54, 1.807) is 6.07 Å². The molecule has 0 aliphatic rings. The number of benzene rings is 3. The number of nitrogens with zero attached hydrogens (tertiary/aromatic N) is 1. The van der Waals surface area contributed by atoms with Crippen molar-refractivity contribution >= 4 is 44.1 Å². The Morgan fingerprint density at radius 1 is 1.03 bits per heavy atom. The molecule has 0 saturated heterocycles. The first-order chi connectivity index (χ1) is 14.7. The minimum absolute atomic E-state index is 0.222. The van der Waals surface area contributed by atoms with Crippen LogP contribution in [0.2, 0.25) is 0 Å². The number of thiazole rings is 1. The number of anilines is 1. The van der Waals surface area contributed by atoms with Crippen LogP contribution in [0, 0.1) is 0 Å². The molecule has 0 fully saturated rings. The lowest BCUT2D eigenvalue weighted by molar-refractivity contribution is 0.0998. The van der Waals surface area contributed by atoms with Gasteiger partial charge >= 0.3 is 0 Å². The molecule has 0 unspecified atom stereocenters. The van der Waals surface area contributed by atoms with E-state index in [4.69, 9.17) is 9.15 Å². The Kier molecular flexibility index (Phi) is 4.69. The average molecular weight is 414 g/mol. The lowest BCUT2D eigenvalue weighted by atomic mass is 10.1. The number of hydrogen-bond donors (Lipinski definition) is 1. The first-order valence-electron chi connectivity index (χ1n) is 9.62. The van der Waals surface area contributed by atoms with Crippen molar-refractivity contribution in [2.45, 2.75) is 6.92 Å². The molecule has 0 radical (unpaired) electrons. The Hall–Kier alpha value is -3.64. The van der Waals surface area contributed by atoms with E-state index in [-0.39, 0.29) is 11.7 Å². The summed E-state index contributed by atoms with van der Waals surface area (Å²) in [5.41, 5.74) is 2.40. The van der Waals surface area contributed by atoms with Crippen molar-refractivity contribution in [2.24, 2.45) is 0 Å². The summed E-state index contributed by atoms with van der Waals surface area (Å²) in [5, 5.41) is 8.45. The number of aromatic nitrogens is 1. The summed E-state index contributed by atoms with van der Waals surface area (Å²) in [4.78, 5) is 17.3. The number of fused-ring (bicyclic) bond motifs is 2. The number of carbonyl (C=O) groups is 1. The molecule has 3 aromatic carbocycles. The van der Waals surface area contributed by atoms with Crippen molar-refractivity contribution in [3.8, 4) is 17.0 Å². The molecule has 2 aromatic heterocycles. The van der Waals surface area contributed by atoms with Gasteiger partial charge in [0.25, 0.3) is 5.91 Å². The number of hydrogen-bond acceptors (Lipinski definition) is 5. The van der Waals surface area contributed by atoms with Gasteiger partial charge in [0.05, 0.1) is 12.3 Å². The van der Waals surface area contributed by atoms with E-state index in [1.807, 2.05) is 48.7 Å². The lowest BCUT2D eigenvalue weighted by Crippen LogP contribution is -2.10. The van der Waals surface area contributed by atoms with Crippen LogP contribution in [0.15, 0.2) is 76.5 Å². The highest BCUT2D eigenvalue weighted by molar-refractivity contribution is 7.14. The van der Waals surface area contributed by atoms with Gasteiger partial charge in [-0.05, 0) is 35.9 Å². The average Bonchev–Trinajstić information content (AvgIpc) is 3.41. The van der Waals surface area contributed by atoms with E-state index < -0.39 is 0 Å². The standard InChI is InChI=1S/C24H18N2O3S/c1-2-28-20-9-5-8-18-13-21(29-22(18)20)23(27)26-24-25-19(14-30-24)17-11-10-15-6-3-4-7-16(15)12-17/h3-14H,2H2,1H3,(H,25,26,27). The molecule has 0 aliphatic heterocycles. The molecule has 0 aliphatic carbocycles. The highest BCUT2D eigenvalue weighted by atomic mass is 32.1. The fraction of sp³-hybridized carbons (Fsp3) is 0.0833. The van der Waals surface area contributed by atoms with Crippen molar-refractivity contribution in [1.29, 1.82) is 0 Å². The maximum Gasteiger partial charge on any atom is 0.293 e. The number of carbonyl (C=O) groups excluding carboxylic acids is 1. The predicted octanol–water partition coefficient (Wildman–Crippen LogP) is 6.36. The summed E-state index contributed by atoms with van der Waals surface area (Å²) < 4.78 is 11.3. The molecule has 148 valence electrons. The molecule has 1 amide bonds. The molecule has 0 spiro atoms. The SMILES string of the molecule is CCOc1cccc2cc(C(=O)Nc3nc(-c4ccc5ccccc5c4)cs3)oc12. The van der Waals surface area contributed by atoms with Gasteiger partial charge in [-0.15, -0.1) is 11.3 Å². The Morgan fingerprint density at radius 2 is 1.87 bits per heavy atom. The zero-order valence-corrected chi connectivity index (χ0v) is 17.0. The maximum absolute atomic E-state index is 12.7. The molecule has 0 saturated carbocycles. The van der Waals surface area contributed by atoms with Gasteiger partial charge < -0.3 is 9.15 Å². The molecular formula is C24H18N2O3S. The molecule has 6 heteroatoms. The van der Waals surface area contributed by atoms with Crippen molar-refractivity contribution in [2.75, 3.05) is 11.9 Å². The third-order valence-corrected chi connectivity index (χ3v) is 5.56. The van der Waals surface area contributed by atoms with Gasteiger partial charge in [0.1, 0.15) is 0 Å². The second-order valence-corrected chi connectivity index (χ2v) is 7.63. The van der Waals surface area contributed by atoms with Crippen LogP contribution in [0.1, 0.15) is 17.5 Å². The van der Waals surface area contributed by atoms with Gasteiger partial charge in [0, 0.05) is 16.3 Å². The second-order valence-electron chi connectivity index (χ2n) is 6.77. The van der Waals surface area contributed by atoms with E-state index in [9.17, 15) is 4.79 Å². The molecule has 1 N–H and O–H groups in total. The number of nitrogens with one attached hydrogen (secondary N) is 1. The van der Waals surface area contributed by atoms with Gasteiger partial charge in [-0.25, -0.2) is 4.98 Å². The highest BCUT2D eigenvalue weighted by Gasteiger charge is 2.17. The van der Waals surface area contributed by atoms with Crippen LogP contribution < -0.4 is 10.1 Å².